The molecular weight excluding hydrogens is 182 g/mol. The molecule has 2 aromatic rings. The summed E-state index contributed by atoms with van der Waals surface area (Å²) >= 11 is 0. The van der Waals surface area contributed by atoms with E-state index in [4.69, 9.17) is 0 Å². The van der Waals surface area contributed by atoms with Gasteiger partial charge in [0.15, 0.2) is 0 Å². The van der Waals surface area contributed by atoms with Gasteiger partial charge < -0.3 is 4.57 Å². The summed E-state index contributed by atoms with van der Waals surface area (Å²) in [5.41, 5.74) is 4.22. The molecule has 0 bridgehead atoms. The summed E-state index contributed by atoms with van der Waals surface area (Å²) in [7, 11) is 0. The van der Waals surface area contributed by atoms with Gasteiger partial charge in [0.2, 0.25) is 0 Å². The molecule has 0 saturated carbocycles. The number of hydrogen-bond donors (Lipinski definition) is 0. The maximum atomic E-state index is 2.38. The summed E-state index contributed by atoms with van der Waals surface area (Å²) in [6, 6.07) is 6.76. The van der Waals surface area contributed by atoms with Crippen molar-refractivity contribution in [3.63, 3.8) is 0 Å². The van der Waals surface area contributed by atoms with Crippen molar-refractivity contribution in [2.45, 2.75) is 40.2 Å². The first kappa shape index (κ1) is 10.3. The molecule has 15 heavy (non-hydrogen) atoms. The second kappa shape index (κ2) is 4.09. The molecule has 1 heterocycles. The van der Waals surface area contributed by atoms with Gasteiger partial charge in [-0.05, 0) is 37.5 Å². The molecule has 0 aliphatic heterocycles. The Labute approximate surface area is 91.7 Å². The van der Waals surface area contributed by atoms with Crippen LogP contribution in [0.1, 0.15) is 31.4 Å². The fourth-order valence-electron chi connectivity index (χ4n) is 2.19. The lowest BCUT2D eigenvalue weighted by molar-refractivity contribution is 0.701. The molecule has 0 N–H and O–H groups in total. The van der Waals surface area contributed by atoms with Gasteiger partial charge in [0.05, 0.1) is 0 Å². The fraction of sp³-hybridized carbons (Fsp3) is 0.429. The van der Waals surface area contributed by atoms with E-state index in [1.54, 1.807) is 0 Å². The molecule has 1 aromatic carbocycles. The minimum absolute atomic E-state index is 1.12. The lowest BCUT2D eigenvalue weighted by Gasteiger charge is -2.02. The smallest absolute Gasteiger partial charge is 0.0483 e. The predicted molar refractivity (Wildman–Crippen MR) is 66.3 cm³/mol. The van der Waals surface area contributed by atoms with E-state index in [2.05, 4.69) is 49.7 Å². The van der Waals surface area contributed by atoms with Crippen molar-refractivity contribution in [3.8, 4) is 0 Å². The van der Waals surface area contributed by atoms with E-state index >= 15 is 0 Å². The standard InChI is InChI=1S/C14H19N/c1-4-8-15-10-12(5-2)13-9-11(3)6-7-14(13)15/h6-7,9-10H,4-5,8H2,1-3H3. The Morgan fingerprint density at radius 2 is 2.00 bits per heavy atom. The maximum absolute atomic E-state index is 2.38. The summed E-state index contributed by atoms with van der Waals surface area (Å²) in [4.78, 5) is 0. The number of fused-ring (bicyclic) bond motifs is 1. The van der Waals surface area contributed by atoms with Gasteiger partial charge in [-0.3, -0.25) is 0 Å². The summed E-state index contributed by atoms with van der Waals surface area (Å²) in [5.74, 6) is 0. The predicted octanol–water partition coefficient (Wildman–Crippen LogP) is 3.92. The monoisotopic (exact) mass is 201 g/mol. The van der Waals surface area contributed by atoms with E-state index in [1.807, 2.05) is 0 Å². The highest BCUT2D eigenvalue weighted by molar-refractivity contribution is 5.84. The van der Waals surface area contributed by atoms with Crippen LogP contribution in [0, 0.1) is 6.92 Å². The van der Waals surface area contributed by atoms with Gasteiger partial charge in [0, 0.05) is 23.6 Å². The van der Waals surface area contributed by atoms with Crippen molar-refractivity contribution < 1.29 is 0 Å². The third-order valence-corrected chi connectivity index (χ3v) is 2.96. The molecule has 0 fully saturated rings. The SMILES string of the molecule is CCCn1cc(CC)c2cc(C)ccc21. The molecule has 0 aliphatic carbocycles. The summed E-state index contributed by atoms with van der Waals surface area (Å²) in [6.07, 6.45) is 4.63. The first-order chi connectivity index (χ1) is 7.26. The second-order valence-electron chi connectivity index (χ2n) is 4.22. The number of hydrogen-bond acceptors (Lipinski definition) is 0. The Hall–Kier alpha value is -1.24. The highest BCUT2D eigenvalue weighted by atomic mass is 14.9. The Balaban J connectivity index is 2.64. The molecule has 0 aliphatic rings. The molecule has 0 unspecified atom stereocenters. The fourth-order valence-corrected chi connectivity index (χ4v) is 2.19. The van der Waals surface area contributed by atoms with Crippen LogP contribution in [0.5, 0.6) is 0 Å². The molecule has 0 spiro atoms. The largest absolute Gasteiger partial charge is 0.347 e. The van der Waals surface area contributed by atoms with Crippen LogP contribution >= 0.6 is 0 Å². The van der Waals surface area contributed by atoms with Crippen LogP contribution in [0.25, 0.3) is 10.9 Å². The van der Waals surface area contributed by atoms with Crippen molar-refractivity contribution in [3.05, 3.63) is 35.5 Å². The molecule has 80 valence electrons. The molecule has 0 atom stereocenters. The zero-order valence-corrected chi connectivity index (χ0v) is 9.88. The number of aryl methyl sites for hydroxylation is 3. The minimum atomic E-state index is 1.12. The van der Waals surface area contributed by atoms with E-state index < -0.39 is 0 Å². The molecular formula is C14H19N. The Bertz CT molecular complexity index is 465. The molecule has 2 rings (SSSR count). The zero-order chi connectivity index (χ0) is 10.8. The lowest BCUT2D eigenvalue weighted by Crippen LogP contribution is -1.93. The molecule has 0 saturated heterocycles. The minimum Gasteiger partial charge on any atom is -0.347 e. The van der Waals surface area contributed by atoms with Crippen molar-refractivity contribution in [1.29, 1.82) is 0 Å². The van der Waals surface area contributed by atoms with Gasteiger partial charge in [-0.1, -0.05) is 25.5 Å². The lowest BCUT2D eigenvalue weighted by atomic mass is 10.1. The zero-order valence-electron chi connectivity index (χ0n) is 9.88. The van der Waals surface area contributed by atoms with Crippen LogP contribution in [0.4, 0.5) is 0 Å². The van der Waals surface area contributed by atoms with Crippen LogP contribution in [-0.4, -0.2) is 4.57 Å². The van der Waals surface area contributed by atoms with E-state index in [9.17, 15) is 0 Å². The van der Waals surface area contributed by atoms with Crippen LogP contribution < -0.4 is 0 Å². The topological polar surface area (TPSA) is 4.93 Å². The third-order valence-electron chi connectivity index (χ3n) is 2.96. The number of rotatable bonds is 3. The number of aromatic nitrogens is 1. The molecule has 1 aromatic heterocycles. The maximum Gasteiger partial charge on any atom is 0.0483 e. The van der Waals surface area contributed by atoms with Crippen molar-refractivity contribution in [2.75, 3.05) is 0 Å². The molecule has 0 radical (unpaired) electrons. The first-order valence-electron chi connectivity index (χ1n) is 5.84. The third kappa shape index (κ3) is 1.79. The Morgan fingerprint density at radius 3 is 2.67 bits per heavy atom. The number of benzene rings is 1. The van der Waals surface area contributed by atoms with Gasteiger partial charge in [-0.15, -0.1) is 0 Å². The summed E-state index contributed by atoms with van der Waals surface area (Å²) in [6.45, 7) is 7.74. The Kier molecular flexibility index (Phi) is 2.81. The van der Waals surface area contributed by atoms with Crippen LogP contribution in [-0.2, 0) is 13.0 Å². The summed E-state index contributed by atoms with van der Waals surface area (Å²) in [5, 5.41) is 1.44. The quantitative estimate of drug-likeness (QED) is 0.709. The Morgan fingerprint density at radius 1 is 1.20 bits per heavy atom. The normalized spacial score (nSPS) is 11.1. The van der Waals surface area contributed by atoms with E-state index in [1.165, 1.54) is 28.5 Å². The van der Waals surface area contributed by atoms with Gasteiger partial charge in [0.1, 0.15) is 0 Å². The van der Waals surface area contributed by atoms with Crippen LogP contribution in [0.3, 0.4) is 0 Å². The van der Waals surface area contributed by atoms with Crippen LogP contribution in [0.15, 0.2) is 24.4 Å². The van der Waals surface area contributed by atoms with Crippen LogP contribution in [0.2, 0.25) is 0 Å². The highest BCUT2D eigenvalue weighted by Gasteiger charge is 2.06. The van der Waals surface area contributed by atoms with Crippen molar-refractivity contribution in [1.82, 2.24) is 4.57 Å². The molecule has 1 heteroatoms. The van der Waals surface area contributed by atoms with E-state index in [-0.39, 0.29) is 0 Å². The van der Waals surface area contributed by atoms with Crippen molar-refractivity contribution in [2.24, 2.45) is 0 Å². The highest BCUT2D eigenvalue weighted by Crippen LogP contribution is 2.23. The van der Waals surface area contributed by atoms with Gasteiger partial charge in [-0.2, -0.15) is 0 Å². The second-order valence-corrected chi connectivity index (χ2v) is 4.22. The van der Waals surface area contributed by atoms with Gasteiger partial charge in [-0.25, -0.2) is 0 Å². The van der Waals surface area contributed by atoms with E-state index in [0.717, 1.165) is 13.0 Å². The average molecular weight is 201 g/mol. The summed E-state index contributed by atoms with van der Waals surface area (Å²) < 4.78 is 2.38. The van der Waals surface area contributed by atoms with Gasteiger partial charge in [0.25, 0.3) is 0 Å². The van der Waals surface area contributed by atoms with E-state index in [0.29, 0.717) is 0 Å². The van der Waals surface area contributed by atoms with Gasteiger partial charge >= 0.3 is 0 Å². The number of nitrogens with zero attached hydrogens (tertiary/aromatic N) is 1. The molecule has 0 amide bonds. The first-order valence-corrected chi connectivity index (χ1v) is 5.84. The average Bonchev–Trinajstić information content (AvgIpc) is 2.56. The van der Waals surface area contributed by atoms with Crippen molar-refractivity contribution >= 4 is 10.9 Å². The molecule has 1 nitrogen and oxygen atoms in total.